The third-order valence-corrected chi connectivity index (χ3v) is 5.33. The Kier molecular flexibility index (Phi) is 5.92. The summed E-state index contributed by atoms with van der Waals surface area (Å²) in [7, 11) is 0. The molecule has 0 bridgehead atoms. The van der Waals surface area contributed by atoms with Crippen molar-refractivity contribution in [3.05, 3.63) is 65.7 Å². The minimum Gasteiger partial charge on any atom is -0.508 e. The van der Waals surface area contributed by atoms with Crippen molar-refractivity contribution in [1.29, 1.82) is 0 Å². The van der Waals surface area contributed by atoms with Crippen LogP contribution in [0.2, 0.25) is 0 Å². The van der Waals surface area contributed by atoms with Crippen molar-refractivity contribution < 1.29 is 5.11 Å². The van der Waals surface area contributed by atoms with E-state index in [0.717, 1.165) is 12.0 Å². The van der Waals surface area contributed by atoms with E-state index >= 15 is 0 Å². The predicted molar refractivity (Wildman–Crippen MR) is 100 cm³/mol. The average molecular weight is 323 g/mol. The van der Waals surface area contributed by atoms with E-state index in [9.17, 15) is 5.11 Å². The molecule has 1 saturated carbocycles. The second-order valence-electron chi connectivity index (χ2n) is 7.20. The van der Waals surface area contributed by atoms with Crippen LogP contribution in [0.3, 0.4) is 0 Å². The number of hydrogen-bond acceptors (Lipinski definition) is 2. The molecule has 0 saturated heterocycles. The smallest absolute Gasteiger partial charge is 0.119 e. The van der Waals surface area contributed by atoms with Crippen molar-refractivity contribution in [2.45, 2.75) is 63.5 Å². The Hall–Kier alpha value is -1.80. The van der Waals surface area contributed by atoms with Gasteiger partial charge in [-0.3, -0.25) is 0 Å². The molecule has 1 unspecified atom stereocenters. The van der Waals surface area contributed by atoms with E-state index in [0.29, 0.717) is 23.8 Å². The van der Waals surface area contributed by atoms with Gasteiger partial charge in [0.05, 0.1) is 0 Å². The van der Waals surface area contributed by atoms with Crippen molar-refractivity contribution in [2.75, 3.05) is 0 Å². The van der Waals surface area contributed by atoms with E-state index in [4.69, 9.17) is 0 Å². The maximum atomic E-state index is 10.0. The van der Waals surface area contributed by atoms with E-state index in [-0.39, 0.29) is 0 Å². The summed E-state index contributed by atoms with van der Waals surface area (Å²) in [6, 6.07) is 19.7. The van der Waals surface area contributed by atoms with E-state index in [1.54, 1.807) is 0 Å². The summed E-state index contributed by atoms with van der Waals surface area (Å²) in [5.41, 5.74) is 2.56. The first-order chi connectivity index (χ1) is 11.7. The fourth-order valence-corrected chi connectivity index (χ4v) is 3.92. The van der Waals surface area contributed by atoms with Crippen LogP contribution < -0.4 is 5.32 Å². The van der Waals surface area contributed by atoms with Crippen LogP contribution in [-0.4, -0.2) is 17.2 Å². The van der Waals surface area contributed by atoms with Crippen LogP contribution >= 0.6 is 0 Å². The molecule has 0 heterocycles. The number of nitrogens with one attached hydrogen (secondary N) is 1. The summed E-state index contributed by atoms with van der Waals surface area (Å²) in [6.07, 6.45) is 7.07. The lowest BCUT2D eigenvalue weighted by Gasteiger charge is -2.31. The van der Waals surface area contributed by atoms with E-state index in [2.05, 4.69) is 48.6 Å². The minimum atomic E-state index is 0.463. The molecule has 1 fully saturated rings. The van der Waals surface area contributed by atoms with Gasteiger partial charge < -0.3 is 10.4 Å². The zero-order valence-electron chi connectivity index (χ0n) is 14.6. The summed E-state index contributed by atoms with van der Waals surface area (Å²) >= 11 is 0. The summed E-state index contributed by atoms with van der Waals surface area (Å²) in [5.74, 6) is 0.981. The zero-order valence-corrected chi connectivity index (χ0v) is 14.6. The molecule has 1 aliphatic rings. The lowest BCUT2D eigenvalue weighted by atomic mass is 9.81. The minimum absolute atomic E-state index is 0.463. The lowest BCUT2D eigenvalue weighted by Crippen LogP contribution is -2.39. The van der Waals surface area contributed by atoms with Gasteiger partial charge in [-0.15, -0.1) is 0 Å². The highest BCUT2D eigenvalue weighted by Crippen LogP contribution is 2.37. The van der Waals surface area contributed by atoms with Crippen molar-refractivity contribution in [2.24, 2.45) is 0 Å². The van der Waals surface area contributed by atoms with Crippen LogP contribution in [0.4, 0.5) is 0 Å². The van der Waals surface area contributed by atoms with E-state index in [1.807, 2.05) is 18.2 Å². The quantitative estimate of drug-likeness (QED) is 0.781. The number of aromatic hydroxyl groups is 1. The molecule has 0 amide bonds. The van der Waals surface area contributed by atoms with Crippen LogP contribution in [-0.2, 0) is 6.42 Å². The topological polar surface area (TPSA) is 32.3 Å². The van der Waals surface area contributed by atoms with Gasteiger partial charge in [0.2, 0.25) is 0 Å². The molecule has 2 aromatic rings. The molecule has 0 aromatic heterocycles. The van der Waals surface area contributed by atoms with Crippen molar-refractivity contribution in [1.82, 2.24) is 5.32 Å². The van der Waals surface area contributed by atoms with Gasteiger partial charge in [-0.05, 0) is 68.6 Å². The molecule has 3 rings (SSSR count). The van der Waals surface area contributed by atoms with Gasteiger partial charge in [-0.25, -0.2) is 0 Å². The predicted octanol–water partition coefficient (Wildman–Crippen LogP) is 5.03. The van der Waals surface area contributed by atoms with Gasteiger partial charge in [-0.1, -0.05) is 48.5 Å². The van der Waals surface area contributed by atoms with Crippen LogP contribution in [0.5, 0.6) is 5.75 Å². The molecule has 2 heteroatoms. The molecular weight excluding hydrogens is 294 g/mol. The number of para-hydroxylation sites is 1. The first-order valence-electron chi connectivity index (χ1n) is 9.30. The SMILES string of the molecule is CC(CCc1ccccc1)NC1CCC(c2ccccc2O)CC1. The van der Waals surface area contributed by atoms with Crippen molar-refractivity contribution in [3.8, 4) is 5.75 Å². The number of aryl methyl sites for hydroxylation is 1. The Morgan fingerprint density at radius 1 is 0.958 bits per heavy atom. The fourth-order valence-electron chi connectivity index (χ4n) is 3.92. The number of phenolic OH excluding ortho intramolecular Hbond substituents is 1. The van der Waals surface area contributed by atoms with Gasteiger partial charge in [0.1, 0.15) is 5.75 Å². The molecule has 128 valence electrons. The highest BCUT2D eigenvalue weighted by Gasteiger charge is 2.24. The number of phenols is 1. The maximum absolute atomic E-state index is 10.0. The molecule has 24 heavy (non-hydrogen) atoms. The van der Waals surface area contributed by atoms with Crippen LogP contribution in [0.1, 0.15) is 56.1 Å². The van der Waals surface area contributed by atoms with Gasteiger partial charge in [-0.2, -0.15) is 0 Å². The Morgan fingerprint density at radius 3 is 2.33 bits per heavy atom. The summed E-state index contributed by atoms with van der Waals surface area (Å²) < 4.78 is 0. The molecule has 2 aromatic carbocycles. The Balaban J connectivity index is 1.43. The Labute approximate surface area is 145 Å². The van der Waals surface area contributed by atoms with Crippen molar-refractivity contribution >= 4 is 0 Å². The highest BCUT2D eigenvalue weighted by atomic mass is 16.3. The first-order valence-corrected chi connectivity index (χ1v) is 9.30. The molecule has 1 aliphatic carbocycles. The van der Waals surface area contributed by atoms with Gasteiger partial charge in [0.25, 0.3) is 0 Å². The van der Waals surface area contributed by atoms with Crippen LogP contribution in [0, 0.1) is 0 Å². The van der Waals surface area contributed by atoms with Crippen LogP contribution in [0.15, 0.2) is 54.6 Å². The third kappa shape index (κ3) is 4.61. The largest absolute Gasteiger partial charge is 0.508 e. The highest BCUT2D eigenvalue weighted by molar-refractivity contribution is 5.35. The molecule has 2 N–H and O–H groups in total. The number of benzene rings is 2. The molecule has 1 atom stereocenters. The molecule has 0 radical (unpaired) electrons. The molecule has 0 aliphatic heterocycles. The monoisotopic (exact) mass is 323 g/mol. The van der Waals surface area contributed by atoms with E-state index in [1.165, 1.54) is 37.7 Å². The van der Waals surface area contributed by atoms with E-state index < -0.39 is 0 Å². The van der Waals surface area contributed by atoms with Gasteiger partial charge >= 0.3 is 0 Å². The molecule has 0 spiro atoms. The van der Waals surface area contributed by atoms with Crippen LogP contribution in [0.25, 0.3) is 0 Å². The summed E-state index contributed by atoms with van der Waals surface area (Å²) in [6.45, 7) is 2.30. The number of hydrogen-bond donors (Lipinski definition) is 2. The molecule has 2 nitrogen and oxygen atoms in total. The lowest BCUT2D eigenvalue weighted by molar-refractivity contribution is 0.310. The Bertz CT molecular complexity index is 617. The zero-order chi connectivity index (χ0) is 16.8. The second kappa shape index (κ2) is 8.34. The van der Waals surface area contributed by atoms with Gasteiger partial charge in [0.15, 0.2) is 0 Å². The van der Waals surface area contributed by atoms with Gasteiger partial charge in [0, 0.05) is 12.1 Å². The third-order valence-electron chi connectivity index (χ3n) is 5.33. The summed E-state index contributed by atoms with van der Waals surface area (Å²) in [5, 5.41) is 13.8. The number of rotatable bonds is 6. The summed E-state index contributed by atoms with van der Waals surface area (Å²) in [4.78, 5) is 0. The molecular formula is C22H29NO. The fraction of sp³-hybridized carbons (Fsp3) is 0.455. The second-order valence-corrected chi connectivity index (χ2v) is 7.20. The normalized spacial score (nSPS) is 22.2. The Morgan fingerprint density at radius 2 is 1.62 bits per heavy atom. The first kappa shape index (κ1) is 17.0. The standard InChI is InChI=1S/C22H29NO/c1-17(11-12-18-7-3-2-4-8-18)23-20-15-13-19(14-16-20)21-9-5-6-10-22(21)24/h2-10,17,19-20,23-24H,11-16H2,1H3. The van der Waals surface area contributed by atoms with Crippen molar-refractivity contribution in [3.63, 3.8) is 0 Å². The average Bonchev–Trinajstić information content (AvgIpc) is 2.62. The maximum Gasteiger partial charge on any atom is 0.119 e.